The maximum absolute atomic E-state index is 12.6. The summed E-state index contributed by atoms with van der Waals surface area (Å²) in [5, 5.41) is 2.74. The van der Waals surface area contributed by atoms with Gasteiger partial charge in [0.1, 0.15) is 4.88 Å². The molecule has 0 unspecified atom stereocenters. The van der Waals surface area contributed by atoms with Crippen LogP contribution in [0.15, 0.2) is 29.2 Å². The second-order valence-corrected chi connectivity index (χ2v) is 6.51. The Hall–Kier alpha value is -2.00. The maximum Gasteiger partial charge on any atom is 0.350 e. The minimum atomic E-state index is -2.63. The van der Waals surface area contributed by atoms with Gasteiger partial charge in [0.15, 0.2) is 5.13 Å². The molecule has 0 aliphatic carbocycles. The number of hydrogen-bond acceptors (Lipinski definition) is 6. The van der Waals surface area contributed by atoms with E-state index in [-0.39, 0.29) is 22.2 Å². The molecule has 1 aromatic heterocycles. The fraction of sp³-hybridized carbons (Fsp3) is 0.267. The van der Waals surface area contributed by atoms with Gasteiger partial charge in [0, 0.05) is 4.90 Å². The van der Waals surface area contributed by atoms with E-state index in [0.717, 1.165) is 11.3 Å². The molecule has 1 aromatic carbocycles. The van der Waals surface area contributed by atoms with E-state index in [1.54, 1.807) is 26.0 Å². The molecular formula is C15H14F2N2O3S2. The second-order valence-electron chi connectivity index (χ2n) is 4.48. The Labute approximate surface area is 145 Å². The third kappa shape index (κ3) is 4.51. The standard InChI is InChI=1S/C15H14F2N2O3S2/c1-3-22-13(21)11-8(2)18-15(24-11)19-12(20)9-6-4-5-7-10(9)23-14(16)17/h4-7,14H,3H2,1-2H3,(H,18,19,20). The van der Waals surface area contributed by atoms with Crippen molar-refractivity contribution in [2.24, 2.45) is 0 Å². The lowest BCUT2D eigenvalue weighted by atomic mass is 10.2. The molecule has 0 atom stereocenters. The Bertz CT molecular complexity index is 750. The van der Waals surface area contributed by atoms with Crippen LogP contribution in [0.4, 0.5) is 13.9 Å². The molecule has 0 spiro atoms. The molecule has 0 saturated carbocycles. The van der Waals surface area contributed by atoms with Gasteiger partial charge in [-0.15, -0.1) is 0 Å². The summed E-state index contributed by atoms with van der Waals surface area (Å²) >= 11 is 1.28. The fourth-order valence-electron chi connectivity index (χ4n) is 1.85. The number of nitrogens with one attached hydrogen (secondary N) is 1. The van der Waals surface area contributed by atoms with Crippen LogP contribution in [0.1, 0.15) is 32.6 Å². The number of hydrogen-bond donors (Lipinski definition) is 1. The highest BCUT2D eigenvalue weighted by Gasteiger charge is 2.20. The molecule has 0 bridgehead atoms. The summed E-state index contributed by atoms with van der Waals surface area (Å²) in [7, 11) is 0. The summed E-state index contributed by atoms with van der Waals surface area (Å²) in [4.78, 5) is 28.6. The summed E-state index contributed by atoms with van der Waals surface area (Å²) in [6, 6.07) is 6.06. The minimum absolute atomic E-state index is 0.119. The number of alkyl halides is 2. The molecule has 5 nitrogen and oxygen atoms in total. The SMILES string of the molecule is CCOC(=O)c1sc(NC(=O)c2ccccc2SC(F)F)nc1C. The summed E-state index contributed by atoms with van der Waals surface area (Å²) in [6.07, 6.45) is 0. The van der Waals surface area contributed by atoms with E-state index in [4.69, 9.17) is 4.74 Å². The number of amides is 1. The highest BCUT2D eigenvalue weighted by atomic mass is 32.2. The first-order valence-electron chi connectivity index (χ1n) is 6.92. The number of aryl methyl sites for hydroxylation is 1. The number of aromatic nitrogens is 1. The van der Waals surface area contributed by atoms with Gasteiger partial charge in [-0.05, 0) is 26.0 Å². The monoisotopic (exact) mass is 372 g/mol. The average molecular weight is 372 g/mol. The molecule has 2 rings (SSSR count). The lowest BCUT2D eigenvalue weighted by Crippen LogP contribution is -2.13. The van der Waals surface area contributed by atoms with Crippen LogP contribution in [0.3, 0.4) is 0 Å². The Balaban J connectivity index is 2.19. The second kappa shape index (κ2) is 8.20. The molecule has 0 saturated heterocycles. The summed E-state index contributed by atoms with van der Waals surface area (Å²) in [6.45, 7) is 3.55. The van der Waals surface area contributed by atoms with Crippen molar-refractivity contribution in [1.82, 2.24) is 4.98 Å². The molecule has 9 heteroatoms. The number of halogens is 2. The van der Waals surface area contributed by atoms with Crippen LogP contribution in [0.25, 0.3) is 0 Å². The van der Waals surface area contributed by atoms with Crippen LogP contribution in [0, 0.1) is 6.92 Å². The molecule has 2 aromatic rings. The van der Waals surface area contributed by atoms with Gasteiger partial charge in [-0.25, -0.2) is 9.78 Å². The largest absolute Gasteiger partial charge is 0.462 e. The number of thiazole rings is 1. The highest BCUT2D eigenvalue weighted by molar-refractivity contribution is 7.99. The number of esters is 1. The molecule has 0 radical (unpaired) electrons. The first-order chi connectivity index (χ1) is 11.4. The first-order valence-corrected chi connectivity index (χ1v) is 8.61. The average Bonchev–Trinajstić information content (AvgIpc) is 2.88. The van der Waals surface area contributed by atoms with Gasteiger partial charge in [-0.3, -0.25) is 10.1 Å². The number of nitrogens with zero attached hydrogens (tertiary/aromatic N) is 1. The van der Waals surface area contributed by atoms with Crippen molar-refractivity contribution < 1.29 is 23.1 Å². The maximum atomic E-state index is 12.6. The Morgan fingerprint density at radius 3 is 2.75 bits per heavy atom. The molecule has 0 aliphatic rings. The lowest BCUT2D eigenvalue weighted by Gasteiger charge is -2.07. The molecule has 1 heterocycles. The van der Waals surface area contributed by atoms with Crippen LogP contribution in [-0.2, 0) is 4.74 Å². The molecular weight excluding hydrogens is 358 g/mol. The van der Waals surface area contributed by atoms with Gasteiger partial charge >= 0.3 is 5.97 Å². The normalized spacial score (nSPS) is 10.7. The Morgan fingerprint density at radius 1 is 1.38 bits per heavy atom. The summed E-state index contributed by atoms with van der Waals surface area (Å²) in [5.74, 6) is -3.71. The first kappa shape index (κ1) is 18.3. The van der Waals surface area contributed by atoms with E-state index < -0.39 is 17.6 Å². The predicted molar refractivity (Wildman–Crippen MR) is 89.1 cm³/mol. The van der Waals surface area contributed by atoms with Crippen molar-refractivity contribution in [3.63, 3.8) is 0 Å². The van der Waals surface area contributed by atoms with Crippen LogP contribution in [-0.4, -0.2) is 29.2 Å². The van der Waals surface area contributed by atoms with Crippen LogP contribution in [0.5, 0.6) is 0 Å². The molecule has 128 valence electrons. The van der Waals surface area contributed by atoms with Gasteiger partial charge in [0.05, 0.1) is 17.9 Å². The van der Waals surface area contributed by atoms with E-state index in [1.807, 2.05) is 0 Å². The van der Waals surface area contributed by atoms with Gasteiger partial charge < -0.3 is 4.74 Å². The van der Waals surface area contributed by atoms with Crippen molar-refractivity contribution in [3.05, 3.63) is 40.4 Å². The van der Waals surface area contributed by atoms with E-state index in [2.05, 4.69) is 10.3 Å². The van der Waals surface area contributed by atoms with Crippen LogP contribution >= 0.6 is 23.1 Å². The highest BCUT2D eigenvalue weighted by Crippen LogP contribution is 2.30. The van der Waals surface area contributed by atoms with E-state index >= 15 is 0 Å². The van der Waals surface area contributed by atoms with Crippen LogP contribution in [0.2, 0.25) is 0 Å². The van der Waals surface area contributed by atoms with Crippen LogP contribution < -0.4 is 5.32 Å². The number of benzene rings is 1. The predicted octanol–water partition coefficient (Wildman–Crippen LogP) is 4.20. The quantitative estimate of drug-likeness (QED) is 0.608. The van der Waals surface area contributed by atoms with E-state index in [9.17, 15) is 18.4 Å². The summed E-state index contributed by atoms with van der Waals surface area (Å²) < 4.78 is 30.1. The lowest BCUT2D eigenvalue weighted by molar-refractivity contribution is 0.0531. The minimum Gasteiger partial charge on any atom is -0.462 e. The smallest absolute Gasteiger partial charge is 0.350 e. The molecule has 24 heavy (non-hydrogen) atoms. The summed E-state index contributed by atoms with van der Waals surface area (Å²) in [5.41, 5.74) is 0.553. The Morgan fingerprint density at radius 2 is 2.08 bits per heavy atom. The van der Waals surface area contributed by atoms with Gasteiger partial charge in [0.25, 0.3) is 11.7 Å². The molecule has 1 N–H and O–H groups in total. The van der Waals surface area contributed by atoms with Gasteiger partial charge in [-0.1, -0.05) is 35.2 Å². The third-order valence-corrected chi connectivity index (χ3v) is 4.67. The Kier molecular flexibility index (Phi) is 6.27. The van der Waals surface area contributed by atoms with Gasteiger partial charge in [0.2, 0.25) is 0 Å². The number of rotatable bonds is 6. The zero-order chi connectivity index (χ0) is 17.7. The van der Waals surface area contributed by atoms with Gasteiger partial charge in [-0.2, -0.15) is 8.78 Å². The van der Waals surface area contributed by atoms with Crippen molar-refractivity contribution >= 4 is 40.1 Å². The van der Waals surface area contributed by atoms with E-state index in [1.165, 1.54) is 12.1 Å². The zero-order valence-corrected chi connectivity index (χ0v) is 14.5. The molecule has 0 aliphatic heterocycles. The van der Waals surface area contributed by atoms with Crippen molar-refractivity contribution in [1.29, 1.82) is 0 Å². The number of carbonyl (C=O) groups is 2. The number of thioether (sulfide) groups is 1. The molecule has 0 fully saturated rings. The zero-order valence-electron chi connectivity index (χ0n) is 12.8. The molecule has 1 amide bonds. The third-order valence-electron chi connectivity index (χ3n) is 2.83. The number of carbonyl (C=O) groups excluding carboxylic acids is 2. The number of ether oxygens (including phenoxy) is 1. The van der Waals surface area contributed by atoms with E-state index in [0.29, 0.717) is 22.3 Å². The van der Waals surface area contributed by atoms with Crippen molar-refractivity contribution in [3.8, 4) is 0 Å². The fourth-order valence-corrected chi connectivity index (χ4v) is 3.35. The topological polar surface area (TPSA) is 68.3 Å². The number of anilines is 1. The van der Waals surface area contributed by atoms with Crippen molar-refractivity contribution in [2.45, 2.75) is 24.5 Å². The van der Waals surface area contributed by atoms with Crippen molar-refractivity contribution in [2.75, 3.05) is 11.9 Å².